The minimum absolute atomic E-state index is 0.433. The SMILES string of the molecule is CC(=O)O.OCC(Cl)(Cl)Cl. The molecule has 10 heavy (non-hydrogen) atoms. The highest BCUT2D eigenvalue weighted by Crippen LogP contribution is 2.23. The molecule has 0 bridgehead atoms. The van der Waals surface area contributed by atoms with E-state index in [1.807, 2.05) is 0 Å². The number of aliphatic hydroxyl groups is 1. The Hall–Kier alpha value is 0.300. The van der Waals surface area contributed by atoms with Crippen LogP contribution in [0.2, 0.25) is 0 Å². The molecule has 0 radical (unpaired) electrons. The van der Waals surface area contributed by atoms with E-state index in [9.17, 15) is 0 Å². The Kier molecular flexibility index (Phi) is 7.81. The van der Waals surface area contributed by atoms with Gasteiger partial charge in [-0.1, -0.05) is 34.8 Å². The lowest BCUT2D eigenvalue weighted by molar-refractivity contribution is -0.134. The molecule has 0 heterocycles. The van der Waals surface area contributed by atoms with E-state index in [4.69, 9.17) is 49.8 Å². The second-order valence-corrected chi connectivity index (χ2v) is 3.81. The number of carbonyl (C=O) groups is 1. The summed E-state index contributed by atoms with van der Waals surface area (Å²) in [6.07, 6.45) is 0. The molecule has 0 saturated heterocycles. The number of aliphatic carboxylic acids is 1. The second kappa shape index (κ2) is 6.04. The van der Waals surface area contributed by atoms with Crippen LogP contribution in [0.5, 0.6) is 0 Å². The zero-order valence-corrected chi connectivity index (χ0v) is 7.41. The second-order valence-electron chi connectivity index (χ2n) is 1.29. The predicted octanol–water partition coefficient (Wildman–Crippen LogP) is 1.44. The highest BCUT2D eigenvalue weighted by atomic mass is 35.6. The first-order chi connectivity index (χ1) is 4.29. The van der Waals surface area contributed by atoms with Crippen molar-refractivity contribution in [3.05, 3.63) is 0 Å². The molecule has 0 aromatic carbocycles. The monoisotopic (exact) mass is 208 g/mol. The normalized spacial score (nSPS) is 9.70. The zero-order chi connectivity index (χ0) is 8.78. The van der Waals surface area contributed by atoms with Crippen LogP contribution < -0.4 is 0 Å². The fourth-order valence-corrected chi connectivity index (χ4v) is 0. The Morgan fingerprint density at radius 1 is 1.50 bits per heavy atom. The molecule has 0 spiro atoms. The standard InChI is InChI=1S/C2H3Cl3O.C2H4O2/c3-2(4,5)1-6;1-2(3)4/h6H,1H2;1H3,(H,3,4). The first-order valence-corrected chi connectivity index (χ1v) is 3.30. The average Bonchev–Trinajstić information content (AvgIpc) is 1.63. The van der Waals surface area contributed by atoms with Crippen molar-refractivity contribution in [3.63, 3.8) is 0 Å². The van der Waals surface area contributed by atoms with Gasteiger partial charge < -0.3 is 10.2 Å². The summed E-state index contributed by atoms with van der Waals surface area (Å²) in [4.78, 5) is 9.00. The molecule has 0 fully saturated rings. The number of hydrogen-bond donors (Lipinski definition) is 2. The minimum atomic E-state index is -1.49. The van der Waals surface area contributed by atoms with Crippen LogP contribution in [0.15, 0.2) is 0 Å². The maximum atomic E-state index is 9.00. The number of carboxylic acids is 1. The van der Waals surface area contributed by atoms with Gasteiger partial charge in [0.2, 0.25) is 3.79 Å². The van der Waals surface area contributed by atoms with Crippen LogP contribution >= 0.6 is 34.8 Å². The average molecular weight is 209 g/mol. The molecule has 0 aromatic heterocycles. The summed E-state index contributed by atoms with van der Waals surface area (Å²) in [5.74, 6) is -0.833. The number of halogens is 3. The van der Waals surface area contributed by atoms with Gasteiger partial charge in [0, 0.05) is 6.92 Å². The van der Waals surface area contributed by atoms with Crippen LogP contribution in [-0.2, 0) is 4.79 Å². The summed E-state index contributed by atoms with van der Waals surface area (Å²) < 4.78 is -1.49. The number of aliphatic hydroxyl groups excluding tert-OH is 1. The van der Waals surface area contributed by atoms with Gasteiger partial charge in [-0.05, 0) is 0 Å². The molecule has 2 N–H and O–H groups in total. The number of rotatable bonds is 0. The van der Waals surface area contributed by atoms with Gasteiger partial charge in [0.25, 0.3) is 5.97 Å². The van der Waals surface area contributed by atoms with Crippen LogP contribution in [0.25, 0.3) is 0 Å². The molecule has 0 rings (SSSR count). The molecule has 6 heteroatoms. The van der Waals surface area contributed by atoms with Crippen LogP contribution in [0.4, 0.5) is 0 Å². The first kappa shape index (κ1) is 12.9. The number of hydrogen-bond acceptors (Lipinski definition) is 2. The number of alkyl halides is 3. The zero-order valence-electron chi connectivity index (χ0n) is 5.14. The van der Waals surface area contributed by atoms with Gasteiger partial charge >= 0.3 is 0 Å². The molecule has 0 aliphatic carbocycles. The molecule has 0 aromatic rings. The highest BCUT2D eigenvalue weighted by molar-refractivity contribution is 6.67. The third kappa shape index (κ3) is 40.6. The Morgan fingerprint density at radius 2 is 1.60 bits per heavy atom. The summed E-state index contributed by atoms with van der Waals surface area (Å²) in [6, 6.07) is 0. The molecule has 0 aliphatic heterocycles. The first-order valence-electron chi connectivity index (χ1n) is 2.16. The van der Waals surface area contributed by atoms with E-state index in [0.29, 0.717) is 0 Å². The van der Waals surface area contributed by atoms with E-state index >= 15 is 0 Å². The Labute approximate surface area is 73.5 Å². The van der Waals surface area contributed by atoms with Crippen molar-refractivity contribution in [2.75, 3.05) is 6.61 Å². The van der Waals surface area contributed by atoms with E-state index in [2.05, 4.69) is 0 Å². The van der Waals surface area contributed by atoms with E-state index in [1.165, 1.54) is 0 Å². The molecular formula is C4H7Cl3O3. The summed E-state index contributed by atoms with van der Waals surface area (Å²) in [5.41, 5.74) is 0. The largest absolute Gasteiger partial charge is 0.481 e. The van der Waals surface area contributed by atoms with E-state index in [1.54, 1.807) is 0 Å². The van der Waals surface area contributed by atoms with Crippen LogP contribution in [-0.4, -0.2) is 26.6 Å². The lowest BCUT2D eigenvalue weighted by Gasteiger charge is -2.01. The quantitative estimate of drug-likeness (QED) is 0.594. The minimum Gasteiger partial charge on any atom is -0.481 e. The summed E-state index contributed by atoms with van der Waals surface area (Å²) in [5, 5.41) is 15.4. The summed E-state index contributed by atoms with van der Waals surface area (Å²) in [7, 11) is 0. The topological polar surface area (TPSA) is 57.5 Å². The third-order valence-corrected chi connectivity index (χ3v) is 0.538. The number of carboxylic acid groups (broad SMARTS) is 1. The van der Waals surface area contributed by atoms with Crippen molar-refractivity contribution in [1.82, 2.24) is 0 Å². The van der Waals surface area contributed by atoms with Gasteiger partial charge in [-0.3, -0.25) is 4.79 Å². The highest BCUT2D eigenvalue weighted by Gasteiger charge is 2.16. The van der Waals surface area contributed by atoms with Crippen molar-refractivity contribution in [2.24, 2.45) is 0 Å². The Morgan fingerprint density at radius 3 is 1.60 bits per heavy atom. The molecular weight excluding hydrogens is 202 g/mol. The van der Waals surface area contributed by atoms with Crippen molar-refractivity contribution < 1.29 is 15.0 Å². The van der Waals surface area contributed by atoms with Gasteiger partial charge in [0.15, 0.2) is 0 Å². The van der Waals surface area contributed by atoms with Gasteiger partial charge in [-0.25, -0.2) is 0 Å². The van der Waals surface area contributed by atoms with Crippen LogP contribution in [0.3, 0.4) is 0 Å². The van der Waals surface area contributed by atoms with E-state index in [-0.39, 0.29) is 0 Å². The fraction of sp³-hybridized carbons (Fsp3) is 0.750. The lowest BCUT2D eigenvalue weighted by atomic mass is 10.9. The van der Waals surface area contributed by atoms with Crippen LogP contribution in [0, 0.1) is 0 Å². The van der Waals surface area contributed by atoms with Crippen molar-refractivity contribution in [3.8, 4) is 0 Å². The third-order valence-electron chi connectivity index (χ3n) is 0.179. The predicted molar refractivity (Wildman–Crippen MR) is 40.7 cm³/mol. The smallest absolute Gasteiger partial charge is 0.300 e. The maximum Gasteiger partial charge on any atom is 0.300 e. The molecule has 0 amide bonds. The van der Waals surface area contributed by atoms with Crippen molar-refractivity contribution >= 4 is 40.8 Å². The molecule has 0 unspecified atom stereocenters. The van der Waals surface area contributed by atoms with E-state index < -0.39 is 16.4 Å². The van der Waals surface area contributed by atoms with E-state index in [0.717, 1.165) is 6.92 Å². The molecule has 0 aliphatic rings. The van der Waals surface area contributed by atoms with Gasteiger partial charge in [-0.15, -0.1) is 0 Å². The van der Waals surface area contributed by atoms with Gasteiger partial charge in [-0.2, -0.15) is 0 Å². The maximum absolute atomic E-state index is 9.00. The summed E-state index contributed by atoms with van der Waals surface area (Å²) in [6.45, 7) is 0.650. The summed E-state index contributed by atoms with van der Waals surface area (Å²) >= 11 is 15.0. The molecule has 0 atom stereocenters. The molecule has 62 valence electrons. The van der Waals surface area contributed by atoms with Gasteiger partial charge in [0.1, 0.15) is 0 Å². The van der Waals surface area contributed by atoms with Crippen molar-refractivity contribution in [2.45, 2.75) is 10.7 Å². The fourth-order valence-electron chi connectivity index (χ4n) is 0. The van der Waals surface area contributed by atoms with Crippen LogP contribution in [0.1, 0.15) is 6.92 Å². The Balaban J connectivity index is 0. The lowest BCUT2D eigenvalue weighted by Crippen LogP contribution is -2.06. The van der Waals surface area contributed by atoms with Gasteiger partial charge in [0.05, 0.1) is 6.61 Å². The van der Waals surface area contributed by atoms with Crippen molar-refractivity contribution in [1.29, 1.82) is 0 Å². The molecule has 3 nitrogen and oxygen atoms in total. The Bertz CT molecular complexity index is 94.4. The molecule has 0 saturated carbocycles.